The van der Waals surface area contributed by atoms with E-state index in [4.69, 9.17) is 4.74 Å². The standard InChI is InChI=1S/C13H18O2/c1-9-3-5-11(6-4-9)13(14)12-7-10(2)15-8-12/h3-6,10,12-14H,7-8H2,1-2H3. The summed E-state index contributed by atoms with van der Waals surface area (Å²) in [4.78, 5) is 0. The number of ether oxygens (including phenoxy) is 1. The van der Waals surface area contributed by atoms with Gasteiger partial charge in [0.05, 0.1) is 18.8 Å². The molecule has 0 saturated carbocycles. The van der Waals surface area contributed by atoms with Gasteiger partial charge in [0.15, 0.2) is 0 Å². The van der Waals surface area contributed by atoms with E-state index in [1.54, 1.807) is 0 Å². The minimum absolute atomic E-state index is 0.253. The molecule has 1 aromatic rings. The van der Waals surface area contributed by atoms with Crippen LogP contribution < -0.4 is 0 Å². The van der Waals surface area contributed by atoms with Gasteiger partial charge in [-0.15, -0.1) is 0 Å². The smallest absolute Gasteiger partial charge is 0.0841 e. The molecule has 1 saturated heterocycles. The largest absolute Gasteiger partial charge is 0.388 e. The van der Waals surface area contributed by atoms with E-state index in [-0.39, 0.29) is 18.1 Å². The quantitative estimate of drug-likeness (QED) is 0.805. The van der Waals surface area contributed by atoms with E-state index in [9.17, 15) is 5.11 Å². The Morgan fingerprint density at radius 1 is 1.33 bits per heavy atom. The Morgan fingerprint density at radius 3 is 2.53 bits per heavy atom. The highest BCUT2D eigenvalue weighted by atomic mass is 16.5. The van der Waals surface area contributed by atoms with Gasteiger partial charge in [-0.05, 0) is 25.8 Å². The number of hydrogen-bond acceptors (Lipinski definition) is 2. The lowest BCUT2D eigenvalue weighted by atomic mass is 9.93. The highest BCUT2D eigenvalue weighted by Gasteiger charge is 2.29. The van der Waals surface area contributed by atoms with E-state index in [0.717, 1.165) is 12.0 Å². The second kappa shape index (κ2) is 4.33. The molecule has 0 bridgehead atoms. The van der Waals surface area contributed by atoms with Crippen molar-refractivity contribution in [1.29, 1.82) is 0 Å². The van der Waals surface area contributed by atoms with E-state index in [1.165, 1.54) is 5.56 Å². The summed E-state index contributed by atoms with van der Waals surface area (Å²) >= 11 is 0. The monoisotopic (exact) mass is 206 g/mol. The lowest BCUT2D eigenvalue weighted by molar-refractivity contribution is 0.0804. The molecule has 15 heavy (non-hydrogen) atoms. The number of rotatable bonds is 2. The summed E-state index contributed by atoms with van der Waals surface area (Å²) in [6.07, 6.45) is 0.861. The summed E-state index contributed by atoms with van der Waals surface area (Å²) in [5.41, 5.74) is 2.23. The minimum atomic E-state index is -0.379. The molecule has 0 amide bonds. The van der Waals surface area contributed by atoms with E-state index in [2.05, 4.69) is 13.8 Å². The lowest BCUT2D eigenvalue weighted by Gasteiger charge is -2.16. The normalized spacial score (nSPS) is 27.9. The zero-order valence-electron chi connectivity index (χ0n) is 9.31. The molecule has 3 atom stereocenters. The fourth-order valence-corrected chi connectivity index (χ4v) is 2.11. The van der Waals surface area contributed by atoms with Gasteiger partial charge < -0.3 is 9.84 Å². The van der Waals surface area contributed by atoms with Crippen molar-refractivity contribution >= 4 is 0 Å². The molecule has 0 radical (unpaired) electrons. The van der Waals surface area contributed by atoms with Crippen molar-refractivity contribution < 1.29 is 9.84 Å². The summed E-state index contributed by atoms with van der Waals surface area (Å²) in [7, 11) is 0. The van der Waals surface area contributed by atoms with Crippen LogP contribution in [0, 0.1) is 12.8 Å². The Balaban J connectivity index is 2.07. The van der Waals surface area contributed by atoms with E-state index < -0.39 is 0 Å². The zero-order valence-corrected chi connectivity index (χ0v) is 9.31. The molecule has 2 nitrogen and oxygen atoms in total. The Labute approximate surface area is 90.9 Å². The van der Waals surface area contributed by atoms with Crippen molar-refractivity contribution in [2.75, 3.05) is 6.61 Å². The van der Waals surface area contributed by atoms with Gasteiger partial charge in [-0.25, -0.2) is 0 Å². The van der Waals surface area contributed by atoms with Crippen molar-refractivity contribution in [2.24, 2.45) is 5.92 Å². The van der Waals surface area contributed by atoms with Crippen molar-refractivity contribution in [3.8, 4) is 0 Å². The molecular weight excluding hydrogens is 188 g/mol. The maximum absolute atomic E-state index is 10.1. The van der Waals surface area contributed by atoms with Crippen molar-refractivity contribution in [3.05, 3.63) is 35.4 Å². The van der Waals surface area contributed by atoms with Crippen LogP contribution in [0.15, 0.2) is 24.3 Å². The summed E-state index contributed by atoms with van der Waals surface area (Å²) in [5, 5.41) is 10.1. The molecule has 0 aromatic heterocycles. The van der Waals surface area contributed by atoms with Gasteiger partial charge in [0, 0.05) is 5.92 Å². The van der Waals surface area contributed by atoms with Crippen LogP contribution in [0.2, 0.25) is 0 Å². The molecular formula is C13H18O2. The van der Waals surface area contributed by atoms with Crippen LogP contribution in [-0.4, -0.2) is 17.8 Å². The van der Waals surface area contributed by atoms with E-state index in [1.807, 2.05) is 24.3 Å². The van der Waals surface area contributed by atoms with Gasteiger partial charge >= 0.3 is 0 Å². The van der Waals surface area contributed by atoms with Crippen LogP contribution >= 0.6 is 0 Å². The molecule has 1 aliphatic heterocycles. The van der Waals surface area contributed by atoms with Gasteiger partial charge in [-0.1, -0.05) is 29.8 Å². The second-order valence-corrected chi connectivity index (χ2v) is 4.50. The molecule has 2 rings (SSSR count). The van der Waals surface area contributed by atoms with Crippen LogP contribution in [0.5, 0.6) is 0 Å². The molecule has 0 spiro atoms. The minimum Gasteiger partial charge on any atom is -0.388 e. The molecule has 82 valence electrons. The fraction of sp³-hybridized carbons (Fsp3) is 0.538. The third-order valence-electron chi connectivity index (χ3n) is 3.09. The second-order valence-electron chi connectivity index (χ2n) is 4.50. The van der Waals surface area contributed by atoms with Gasteiger partial charge in [-0.3, -0.25) is 0 Å². The van der Waals surface area contributed by atoms with Crippen LogP contribution in [0.4, 0.5) is 0 Å². The first-order valence-corrected chi connectivity index (χ1v) is 5.53. The van der Waals surface area contributed by atoms with Crippen LogP contribution in [0.3, 0.4) is 0 Å². The first-order chi connectivity index (χ1) is 7.16. The predicted molar refractivity (Wildman–Crippen MR) is 59.7 cm³/mol. The number of aliphatic hydroxyl groups excluding tert-OH is 1. The lowest BCUT2D eigenvalue weighted by Crippen LogP contribution is -2.12. The van der Waals surface area contributed by atoms with Gasteiger partial charge in [0.25, 0.3) is 0 Å². The number of aryl methyl sites for hydroxylation is 1. The van der Waals surface area contributed by atoms with Gasteiger partial charge in [-0.2, -0.15) is 0 Å². The van der Waals surface area contributed by atoms with E-state index in [0.29, 0.717) is 6.61 Å². The third-order valence-corrected chi connectivity index (χ3v) is 3.09. The molecule has 2 heteroatoms. The number of hydrogen-bond donors (Lipinski definition) is 1. The molecule has 1 aromatic carbocycles. The van der Waals surface area contributed by atoms with Gasteiger partial charge in [0.2, 0.25) is 0 Å². The molecule has 3 unspecified atom stereocenters. The summed E-state index contributed by atoms with van der Waals surface area (Å²) < 4.78 is 5.47. The van der Waals surface area contributed by atoms with Gasteiger partial charge in [0.1, 0.15) is 0 Å². The molecule has 1 N–H and O–H groups in total. The first-order valence-electron chi connectivity index (χ1n) is 5.53. The maximum atomic E-state index is 10.1. The summed E-state index contributed by atoms with van der Waals surface area (Å²) in [6.45, 7) is 4.79. The van der Waals surface area contributed by atoms with Crippen LogP contribution in [0.25, 0.3) is 0 Å². The van der Waals surface area contributed by atoms with Crippen molar-refractivity contribution in [2.45, 2.75) is 32.5 Å². The highest BCUT2D eigenvalue weighted by Crippen LogP contribution is 2.31. The van der Waals surface area contributed by atoms with Crippen LogP contribution in [0.1, 0.15) is 30.6 Å². The first kappa shape index (κ1) is 10.7. The number of benzene rings is 1. The topological polar surface area (TPSA) is 29.5 Å². The van der Waals surface area contributed by atoms with Crippen molar-refractivity contribution in [1.82, 2.24) is 0 Å². The Kier molecular flexibility index (Phi) is 3.08. The Hall–Kier alpha value is -0.860. The Bertz CT molecular complexity index is 318. The maximum Gasteiger partial charge on any atom is 0.0841 e. The fourth-order valence-electron chi connectivity index (χ4n) is 2.11. The third kappa shape index (κ3) is 2.39. The highest BCUT2D eigenvalue weighted by molar-refractivity contribution is 5.23. The zero-order chi connectivity index (χ0) is 10.8. The molecule has 1 heterocycles. The average molecular weight is 206 g/mol. The van der Waals surface area contributed by atoms with Crippen LogP contribution in [-0.2, 0) is 4.74 Å². The Morgan fingerprint density at radius 2 is 2.00 bits per heavy atom. The van der Waals surface area contributed by atoms with E-state index >= 15 is 0 Å². The predicted octanol–water partition coefficient (Wildman–Crippen LogP) is 2.45. The molecule has 0 aliphatic carbocycles. The number of aliphatic hydroxyl groups is 1. The average Bonchev–Trinajstić information content (AvgIpc) is 2.65. The van der Waals surface area contributed by atoms with Crippen molar-refractivity contribution in [3.63, 3.8) is 0 Å². The summed E-state index contributed by atoms with van der Waals surface area (Å²) in [6, 6.07) is 8.08. The molecule has 1 aliphatic rings. The SMILES string of the molecule is Cc1ccc(C(O)C2COC(C)C2)cc1. The molecule has 1 fully saturated rings. The summed E-state index contributed by atoms with van der Waals surface area (Å²) in [5.74, 6) is 0.253.